The van der Waals surface area contributed by atoms with Gasteiger partial charge in [0.15, 0.2) is 5.82 Å². The van der Waals surface area contributed by atoms with Gasteiger partial charge >= 0.3 is 0 Å². The van der Waals surface area contributed by atoms with Gasteiger partial charge in [0.25, 0.3) is 0 Å². The number of anilines is 2. The smallest absolute Gasteiger partial charge is 0.151 e. The molecular formula is C18H11N5S2. The summed E-state index contributed by atoms with van der Waals surface area (Å²) in [6.07, 6.45) is 1.60. The van der Waals surface area contributed by atoms with E-state index in [1.807, 2.05) is 36.4 Å². The number of nitrogens with one attached hydrogen (secondary N) is 1. The number of aromatic nitrogens is 4. The molecule has 0 saturated heterocycles. The van der Waals surface area contributed by atoms with Crippen molar-refractivity contribution in [3.05, 3.63) is 60.9 Å². The molecule has 1 N–H and O–H groups in total. The molecule has 5 nitrogen and oxygen atoms in total. The molecule has 0 amide bonds. The largest absolute Gasteiger partial charge is 0.339 e. The summed E-state index contributed by atoms with van der Waals surface area (Å²) in [7, 11) is 0. The minimum atomic E-state index is 0.814. The van der Waals surface area contributed by atoms with Gasteiger partial charge < -0.3 is 5.32 Å². The number of nitrogens with zero attached hydrogens (tertiary/aromatic N) is 4. The van der Waals surface area contributed by atoms with E-state index in [1.54, 1.807) is 17.7 Å². The zero-order valence-electron chi connectivity index (χ0n) is 12.9. The molecule has 0 fully saturated rings. The minimum Gasteiger partial charge on any atom is -0.339 e. The monoisotopic (exact) mass is 361 g/mol. The van der Waals surface area contributed by atoms with Gasteiger partial charge in [0, 0.05) is 10.6 Å². The Morgan fingerprint density at radius 3 is 2.72 bits per heavy atom. The quantitative estimate of drug-likeness (QED) is 0.484. The summed E-state index contributed by atoms with van der Waals surface area (Å²) in [4.78, 5) is 10.0. The molecule has 5 rings (SSSR count). The van der Waals surface area contributed by atoms with Crippen molar-refractivity contribution in [1.82, 2.24) is 19.6 Å². The van der Waals surface area contributed by atoms with Crippen molar-refractivity contribution in [3.63, 3.8) is 0 Å². The second-order valence-electron chi connectivity index (χ2n) is 5.49. The third kappa shape index (κ3) is 2.63. The molecule has 0 atom stereocenters. The minimum absolute atomic E-state index is 0.814. The Morgan fingerprint density at radius 1 is 0.880 bits per heavy atom. The topological polar surface area (TPSA) is 63.6 Å². The lowest BCUT2D eigenvalue weighted by molar-refractivity contribution is 1.20. The van der Waals surface area contributed by atoms with Gasteiger partial charge in [-0.25, -0.2) is 9.97 Å². The maximum Gasteiger partial charge on any atom is 0.151 e. The van der Waals surface area contributed by atoms with Gasteiger partial charge in [0.05, 0.1) is 14.9 Å². The van der Waals surface area contributed by atoms with Crippen LogP contribution in [-0.2, 0) is 0 Å². The lowest BCUT2D eigenvalue weighted by Gasteiger charge is -2.05. The van der Waals surface area contributed by atoms with Crippen molar-refractivity contribution in [2.45, 2.75) is 0 Å². The second kappa shape index (κ2) is 5.87. The molecule has 0 saturated carbocycles. The van der Waals surface area contributed by atoms with E-state index in [2.05, 4.69) is 43.1 Å². The third-order valence-electron chi connectivity index (χ3n) is 3.88. The van der Waals surface area contributed by atoms with Gasteiger partial charge in [0.1, 0.15) is 11.8 Å². The van der Waals surface area contributed by atoms with Gasteiger partial charge in [-0.1, -0.05) is 34.8 Å². The Labute approximate surface area is 151 Å². The van der Waals surface area contributed by atoms with Crippen LogP contribution in [0.15, 0.2) is 60.9 Å². The van der Waals surface area contributed by atoms with Crippen molar-refractivity contribution in [2.24, 2.45) is 0 Å². The lowest BCUT2D eigenvalue weighted by Crippen LogP contribution is -1.93. The molecule has 0 aliphatic carbocycles. The number of hydrogen-bond donors (Lipinski definition) is 1. The average Bonchev–Trinajstić information content (AvgIpc) is 3.29. The SMILES string of the molecule is c1ccc(-c2cc3ncnc(Nc4ccc5nnsc5c4)c3s2)cc1. The Kier molecular flexibility index (Phi) is 3.39. The molecule has 2 aromatic carbocycles. The van der Waals surface area contributed by atoms with E-state index < -0.39 is 0 Å². The Bertz CT molecular complexity index is 1180. The van der Waals surface area contributed by atoms with Gasteiger partial charge in [-0.2, -0.15) is 0 Å². The Balaban J connectivity index is 1.57. The molecule has 0 bridgehead atoms. The highest BCUT2D eigenvalue weighted by atomic mass is 32.1. The van der Waals surface area contributed by atoms with Crippen molar-refractivity contribution in [2.75, 3.05) is 5.32 Å². The predicted octanol–water partition coefficient (Wildman–Crippen LogP) is 5.11. The van der Waals surface area contributed by atoms with E-state index in [0.717, 1.165) is 31.9 Å². The predicted molar refractivity (Wildman–Crippen MR) is 104 cm³/mol. The standard InChI is InChI=1S/C18H11N5S2/c1-2-4-11(5-3-1)15-9-14-17(24-15)18(20-10-19-14)21-12-6-7-13-16(8-12)25-23-22-13/h1-10H,(H,19,20,21). The highest BCUT2D eigenvalue weighted by Gasteiger charge is 2.11. The van der Waals surface area contributed by atoms with E-state index in [1.165, 1.54) is 22.0 Å². The molecule has 120 valence electrons. The van der Waals surface area contributed by atoms with Crippen LogP contribution < -0.4 is 5.32 Å². The van der Waals surface area contributed by atoms with Crippen LogP contribution in [0.1, 0.15) is 0 Å². The van der Waals surface area contributed by atoms with E-state index in [-0.39, 0.29) is 0 Å². The summed E-state index contributed by atoms with van der Waals surface area (Å²) < 4.78 is 6.07. The van der Waals surface area contributed by atoms with Crippen molar-refractivity contribution in [3.8, 4) is 10.4 Å². The highest BCUT2D eigenvalue weighted by molar-refractivity contribution is 7.22. The molecule has 0 unspecified atom stereocenters. The highest BCUT2D eigenvalue weighted by Crippen LogP contribution is 2.36. The number of thiophene rings is 1. The number of rotatable bonds is 3. The molecule has 0 aliphatic heterocycles. The normalized spacial score (nSPS) is 11.2. The van der Waals surface area contributed by atoms with Crippen LogP contribution in [0.2, 0.25) is 0 Å². The Morgan fingerprint density at radius 2 is 1.80 bits per heavy atom. The van der Waals surface area contributed by atoms with Crippen LogP contribution in [0.25, 0.3) is 30.9 Å². The molecule has 0 aliphatic rings. The van der Waals surface area contributed by atoms with Crippen molar-refractivity contribution >= 4 is 54.8 Å². The summed E-state index contributed by atoms with van der Waals surface area (Å²) >= 11 is 3.08. The third-order valence-corrected chi connectivity index (χ3v) is 5.75. The molecule has 3 aromatic heterocycles. The summed E-state index contributed by atoms with van der Waals surface area (Å²) in [5.74, 6) is 0.814. The average molecular weight is 361 g/mol. The van der Waals surface area contributed by atoms with Gasteiger partial charge in [-0.05, 0) is 41.4 Å². The number of fused-ring (bicyclic) bond motifs is 2. The van der Waals surface area contributed by atoms with E-state index in [0.29, 0.717) is 0 Å². The fraction of sp³-hybridized carbons (Fsp3) is 0. The van der Waals surface area contributed by atoms with Gasteiger partial charge in [-0.15, -0.1) is 16.4 Å². The van der Waals surface area contributed by atoms with Crippen LogP contribution >= 0.6 is 22.9 Å². The fourth-order valence-corrected chi connectivity index (χ4v) is 4.34. The van der Waals surface area contributed by atoms with Crippen molar-refractivity contribution in [1.29, 1.82) is 0 Å². The molecule has 25 heavy (non-hydrogen) atoms. The number of benzene rings is 2. The first-order chi connectivity index (χ1) is 12.4. The first-order valence-corrected chi connectivity index (χ1v) is 9.25. The van der Waals surface area contributed by atoms with Crippen LogP contribution in [0.4, 0.5) is 11.5 Å². The van der Waals surface area contributed by atoms with Gasteiger partial charge in [-0.3, -0.25) is 0 Å². The Hall–Kier alpha value is -2.90. The molecular weight excluding hydrogens is 350 g/mol. The van der Waals surface area contributed by atoms with Gasteiger partial charge in [0.2, 0.25) is 0 Å². The van der Waals surface area contributed by atoms with E-state index >= 15 is 0 Å². The summed E-state index contributed by atoms with van der Waals surface area (Å²) in [6, 6.07) is 18.4. The molecule has 0 radical (unpaired) electrons. The number of hydrogen-bond acceptors (Lipinski definition) is 7. The summed E-state index contributed by atoms with van der Waals surface area (Å²) in [5, 5.41) is 7.47. The zero-order valence-corrected chi connectivity index (χ0v) is 14.5. The molecule has 3 heterocycles. The lowest BCUT2D eigenvalue weighted by atomic mass is 10.2. The van der Waals surface area contributed by atoms with Crippen LogP contribution in [0, 0.1) is 0 Å². The second-order valence-corrected chi connectivity index (χ2v) is 7.33. The maximum absolute atomic E-state index is 4.44. The van der Waals surface area contributed by atoms with Crippen LogP contribution in [-0.4, -0.2) is 19.6 Å². The first kappa shape index (κ1) is 14.4. The molecule has 5 aromatic rings. The fourth-order valence-electron chi connectivity index (χ4n) is 2.68. The zero-order chi connectivity index (χ0) is 16.6. The first-order valence-electron chi connectivity index (χ1n) is 7.66. The van der Waals surface area contributed by atoms with Crippen LogP contribution in [0.5, 0.6) is 0 Å². The van der Waals surface area contributed by atoms with E-state index in [9.17, 15) is 0 Å². The molecule has 0 spiro atoms. The molecule has 7 heteroatoms. The van der Waals surface area contributed by atoms with E-state index in [4.69, 9.17) is 0 Å². The maximum atomic E-state index is 4.44. The summed E-state index contributed by atoms with van der Waals surface area (Å²) in [5.41, 5.74) is 4.01. The summed E-state index contributed by atoms with van der Waals surface area (Å²) in [6.45, 7) is 0. The van der Waals surface area contributed by atoms with Crippen molar-refractivity contribution < 1.29 is 0 Å². The van der Waals surface area contributed by atoms with Crippen LogP contribution in [0.3, 0.4) is 0 Å².